The average molecular weight is 302 g/mol. The van der Waals surface area contributed by atoms with E-state index in [1.165, 1.54) is 0 Å². The van der Waals surface area contributed by atoms with Gasteiger partial charge in [-0.3, -0.25) is 4.79 Å². The Balaban J connectivity index is 2.19. The van der Waals surface area contributed by atoms with E-state index in [0.717, 1.165) is 5.69 Å². The average Bonchev–Trinajstić information content (AvgIpc) is 2.89. The van der Waals surface area contributed by atoms with Crippen LogP contribution in [-0.4, -0.2) is 38.4 Å². The lowest BCUT2D eigenvalue weighted by Gasteiger charge is -2.21. The van der Waals surface area contributed by atoms with E-state index < -0.39 is 0 Å². The molecule has 6 nitrogen and oxygen atoms in total. The predicted molar refractivity (Wildman–Crippen MR) is 83.9 cm³/mol. The zero-order chi connectivity index (χ0) is 16.1. The molecule has 0 saturated carbocycles. The molecule has 6 heteroatoms. The first-order valence-electron chi connectivity index (χ1n) is 7.42. The van der Waals surface area contributed by atoms with Gasteiger partial charge in [0.25, 0.3) is 5.91 Å². The number of pyridine rings is 1. The third-order valence-electron chi connectivity index (χ3n) is 3.68. The minimum atomic E-state index is -0.174. The van der Waals surface area contributed by atoms with Crippen molar-refractivity contribution < 1.29 is 9.90 Å². The molecule has 22 heavy (non-hydrogen) atoms. The second-order valence-corrected chi connectivity index (χ2v) is 5.58. The number of nitrogens with one attached hydrogen (secondary N) is 1. The van der Waals surface area contributed by atoms with Crippen molar-refractivity contribution in [3.63, 3.8) is 0 Å². The maximum atomic E-state index is 12.4. The Labute approximate surface area is 130 Å². The van der Waals surface area contributed by atoms with Crippen LogP contribution in [0.3, 0.4) is 0 Å². The normalized spacial score (nSPS) is 12.4. The first-order chi connectivity index (χ1) is 10.5. The fourth-order valence-electron chi connectivity index (χ4n) is 2.30. The molecule has 2 rings (SSSR count). The van der Waals surface area contributed by atoms with Crippen molar-refractivity contribution in [1.82, 2.24) is 20.1 Å². The molecule has 0 saturated heterocycles. The Morgan fingerprint density at radius 1 is 1.41 bits per heavy atom. The molecule has 1 atom stereocenters. The lowest BCUT2D eigenvalue weighted by Crippen LogP contribution is -2.39. The maximum absolute atomic E-state index is 12.4. The van der Waals surface area contributed by atoms with E-state index in [9.17, 15) is 4.79 Å². The van der Waals surface area contributed by atoms with Gasteiger partial charge in [0.2, 0.25) is 0 Å². The molecule has 1 amide bonds. The molecule has 0 bridgehead atoms. The topological polar surface area (TPSA) is 80.0 Å². The van der Waals surface area contributed by atoms with E-state index in [0.29, 0.717) is 17.8 Å². The van der Waals surface area contributed by atoms with Crippen LogP contribution in [0.5, 0.6) is 0 Å². The smallest absolute Gasteiger partial charge is 0.254 e. The summed E-state index contributed by atoms with van der Waals surface area (Å²) in [5.74, 6) is 0.754. The standard InChI is InChI=1S/C16H22N4O2/c1-11(2)14(7-9-21)19-16(22)13-10-18-20(12(13)3)15-6-4-5-8-17-15/h4-6,8,10-11,14,21H,7,9H2,1-3H3,(H,19,22). The number of rotatable bonds is 6. The van der Waals surface area contributed by atoms with Crippen molar-refractivity contribution in [2.75, 3.05) is 6.61 Å². The number of hydrogen-bond acceptors (Lipinski definition) is 4. The molecule has 0 aromatic carbocycles. The minimum absolute atomic E-state index is 0.0509. The van der Waals surface area contributed by atoms with Gasteiger partial charge in [0.1, 0.15) is 0 Å². The number of nitrogens with zero attached hydrogens (tertiary/aromatic N) is 3. The number of amides is 1. The van der Waals surface area contributed by atoms with E-state index in [2.05, 4.69) is 15.4 Å². The number of aromatic nitrogens is 3. The van der Waals surface area contributed by atoms with Crippen molar-refractivity contribution in [2.24, 2.45) is 5.92 Å². The first-order valence-corrected chi connectivity index (χ1v) is 7.42. The van der Waals surface area contributed by atoms with Crippen LogP contribution in [0.4, 0.5) is 0 Å². The highest BCUT2D eigenvalue weighted by molar-refractivity contribution is 5.95. The summed E-state index contributed by atoms with van der Waals surface area (Å²) >= 11 is 0. The Hall–Kier alpha value is -2.21. The molecule has 0 radical (unpaired) electrons. The molecular formula is C16H22N4O2. The molecule has 2 N–H and O–H groups in total. The largest absolute Gasteiger partial charge is 0.396 e. The molecule has 2 aromatic rings. The van der Waals surface area contributed by atoms with Crippen LogP contribution < -0.4 is 5.32 Å². The highest BCUT2D eigenvalue weighted by atomic mass is 16.3. The van der Waals surface area contributed by atoms with Gasteiger partial charge in [-0.15, -0.1) is 0 Å². The summed E-state index contributed by atoms with van der Waals surface area (Å²) in [7, 11) is 0. The number of carbonyl (C=O) groups is 1. The molecule has 2 aromatic heterocycles. The second kappa shape index (κ2) is 7.17. The van der Waals surface area contributed by atoms with Crippen LogP contribution in [0.1, 0.15) is 36.3 Å². The quantitative estimate of drug-likeness (QED) is 0.851. The Kier molecular flexibility index (Phi) is 5.27. The molecule has 118 valence electrons. The van der Waals surface area contributed by atoms with Crippen LogP contribution >= 0.6 is 0 Å². The molecule has 0 aliphatic heterocycles. The van der Waals surface area contributed by atoms with Gasteiger partial charge in [0, 0.05) is 18.8 Å². The molecule has 1 unspecified atom stereocenters. The number of aliphatic hydroxyl groups is 1. The van der Waals surface area contributed by atoms with Crippen molar-refractivity contribution >= 4 is 5.91 Å². The van der Waals surface area contributed by atoms with Crippen molar-refractivity contribution in [3.05, 3.63) is 41.9 Å². The van der Waals surface area contributed by atoms with Crippen LogP contribution in [0.25, 0.3) is 5.82 Å². The van der Waals surface area contributed by atoms with Crippen LogP contribution in [0.2, 0.25) is 0 Å². The van der Waals surface area contributed by atoms with Gasteiger partial charge in [0.15, 0.2) is 5.82 Å². The second-order valence-electron chi connectivity index (χ2n) is 5.58. The summed E-state index contributed by atoms with van der Waals surface area (Å²) in [6.07, 6.45) is 3.78. The maximum Gasteiger partial charge on any atom is 0.254 e. The lowest BCUT2D eigenvalue weighted by atomic mass is 10.0. The highest BCUT2D eigenvalue weighted by Gasteiger charge is 2.20. The molecule has 2 heterocycles. The van der Waals surface area contributed by atoms with Crippen molar-refractivity contribution in [1.29, 1.82) is 0 Å². The molecule has 0 spiro atoms. The minimum Gasteiger partial charge on any atom is -0.396 e. The monoisotopic (exact) mass is 302 g/mol. The lowest BCUT2D eigenvalue weighted by molar-refractivity contribution is 0.0916. The number of aliphatic hydroxyl groups excluding tert-OH is 1. The van der Waals surface area contributed by atoms with E-state index in [4.69, 9.17) is 5.11 Å². The molecule has 0 aliphatic carbocycles. The first kappa shape index (κ1) is 16.2. The summed E-state index contributed by atoms with van der Waals surface area (Å²) in [5, 5.41) is 16.3. The summed E-state index contributed by atoms with van der Waals surface area (Å²) < 4.78 is 1.64. The van der Waals surface area contributed by atoms with Crippen LogP contribution in [0.15, 0.2) is 30.6 Å². The summed E-state index contributed by atoms with van der Waals surface area (Å²) in [5.41, 5.74) is 1.26. The van der Waals surface area contributed by atoms with Gasteiger partial charge in [0.05, 0.1) is 17.5 Å². The SMILES string of the molecule is Cc1c(C(=O)NC(CCO)C(C)C)cnn1-c1ccccn1. The van der Waals surface area contributed by atoms with Gasteiger partial charge in [-0.2, -0.15) is 5.10 Å². The molecule has 0 fully saturated rings. The van der Waals surface area contributed by atoms with Crippen LogP contribution in [-0.2, 0) is 0 Å². The summed E-state index contributed by atoms with van der Waals surface area (Å²) in [6, 6.07) is 5.48. The highest BCUT2D eigenvalue weighted by Crippen LogP contribution is 2.13. The molecule has 0 aliphatic rings. The Bertz CT molecular complexity index is 622. The van der Waals surface area contributed by atoms with Crippen LogP contribution in [0, 0.1) is 12.8 Å². The fraction of sp³-hybridized carbons (Fsp3) is 0.438. The number of carbonyl (C=O) groups excluding carboxylic acids is 1. The zero-order valence-electron chi connectivity index (χ0n) is 13.2. The Morgan fingerprint density at radius 2 is 2.18 bits per heavy atom. The van der Waals surface area contributed by atoms with E-state index in [-0.39, 0.29) is 24.5 Å². The van der Waals surface area contributed by atoms with Gasteiger partial charge in [-0.05, 0) is 31.4 Å². The Morgan fingerprint density at radius 3 is 2.77 bits per heavy atom. The third-order valence-corrected chi connectivity index (χ3v) is 3.68. The van der Waals surface area contributed by atoms with E-state index in [1.54, 1.807) is 17.1 Å². The van der Waals surface area contributed by atoms with Crippen molar-refractivity contribution in [2.45, 2.75) is 33.2 Å². The zero-order valence-corrected chi connectivity index (χ0v) is 13.2. The third kappa shape index (κ3) is 3.51. The number of hydrogen-bond donors (Lipinski definition) is 2. The van der Waals surface area contributed by atoms with Crippen molar-refractivity contribution in [3.8, 4) is 5.82 Å². The van der Waals surface area contributed by atoms with Gasteiger partial charge < -0.3 is 10.4 Å². The van der Waals surface area contributed by atoms with E-state index in [1.807, 2.05) is 39.0 Å². The van der Waals surface area contributed by atoms with E-state index >= 15 is 0 Å². The molecular weight excluding hydrogens is 280 g/mol. The van der Waals surface area contributed by atoms with Gasteiger partial charge >= 0.3 is 0 Å². The van der Waals surface area contributed by atoms with Gasteiger partial charge in [-0.25, -0.2) is 9.67 Å². The predicted octanol–water partition coefficient (Wildman–Crippen LogP) is 1.71. The fourth-order valence-corrected chi connectivity index (χ4v) is 2.30. The summed E-state index contributed by atoms with van der Waals surface area (Å²) in [4.78, 5) is 16.7. The van der Waals surface area contributed by atoms with Gasteiger partial charge in [-0.1, -0.05) is 19.9 Å². The summed E-state index contributed by atoms with van der Waals surface area (Å²) in [6.45, 7) is 5.93.